The molecule has 4 heteroatoms. The van der Waals surface area contributed by atoms with E-state index in [4.69, 9.17) is 5.11 Å². The number of halogens is 1. The van der Waals surface area contributed by atoms with Crippen molar-refractivity contribution in [1.82, 2.24) is 0 Å². The summed E-state index contributed by atoms with van der Waals surface area (Å²) in [5, 5.41) is 9.03. The quantitative estimate of drug-likeness (QED) is 0.875. The Labute approximate surface area is 99.9 Å². The molecule has 0 spiro atoms. The summed E-state index contributed by atoms with van der Waals surface area (Å²) in [6, 6.07) is 4.39. The van der Waals surface area contributed by atoms with E-state index in [9.17, 15) is 9.18 Å². The van der Waals surface area contributed by atoms with Crippen molar-refractivity contribution < 1.29 is 14.3 Å². The van der Waals surface area contributed by atoms with E-state index in [0.29, 0.717) is 11.6 Å². The predicted octanol–water partition coefficient (Wildman–Crippen LogP) is 2.76. The lowest BCUT2D eigenvalue weighted by atomic mass is 9.85. The van der Waals surface area contributed by atoms with Crippen LogP contribution in [0.1, 0.15) is 29.6 Å². The average molecular weight is 237 g/mol. The summed E-state index contributed by atoms with van der Waals surface area (Å²) >= 11 is 0. The van der Waals surface area contributed by atoms with Gasteiger partial charge in [-0.3, -0.25) is 0 Å². The van der Waals surface area contributed by atoms with Gasteiger partial charge < -0.3 is 10.0 Å². The highest BCUT2D eigenvalue weighted by atomic mass is 19.1. The van der Waals surface area contributed by atoms with Crippen LogP contribution in [0.4, 0.5) is 10.1 Å². The molecule has 0 aliphatic heterocycles. The van der Waals surface area contributed by atoms with Crippen LogP contribution in [0.5, 0.6) is 0 Å². The fraction of sp³-hybridized carbons (Fsp3) is 0.462. The predicted molar refractivity (Wildman–Crippen MR) is 64.0 cm³/mol. The van der Waals surface area contributed by atoms with E-state index in [2.05, 4.69) is 0 Å². The van der Waals surface area contributed by atoms with Crippen molar-refractivity contribution in [2.75, 3.05) is 18.5 Å². The largest absolute Gasteiger partial charge is 0.478 e. The fourth-order valence-corrected chi connectivity index (χ4v) is 2.20. The molecule has 1 aromatic rings. The molecular formula is C13H16FNO2. The first-order chi connectivity index (χ1) is 8.09. The van der Waals surface area contributed by atoms with Crippen molar-refractivity contribution >= 4 is 11.7 Å². The smallest absolute Gasteiger partial charge is 0.340 e. The summed E-state index contributed by atoms with van der Waals surface area (Å²) in [6.07, 6.45) is 3.61. The monoisotopic (exact) mass is 237 g/mol. The van der Waals surface area contributed by atoms with E-state index in [1.807, 2.05) is 11.9 Å². The standard InChI is InChI=1S/C13H16FNO2/c1-15(8-9-4-2-5-9)11-7-3-6-10(14)12(11)13(16)17/h3,6-7,9H,2,4-5,8H2,1H3,(H,16,17). The topological polar surface area (TPSA) is 40.5 Å². The van der Waals surface area contributed by atoms with Crippen LogP contribution in [-0.4, -0.2) is 24.7 Å². The molecule has 0 aromatic heterocycles. The molecule has 17 heavy (non-hydrogen) atoms. The Morgan fingerprint density at radius 1 is 1.53 bits per heavy atom. The maximum absolute atomic E-state index is 13.5. The molecule has 1 aliphatic carbocycles. The second-order valence-corrected chi connectivity index (χ2v) is 4.62. The summed E-state index contributed by atoms with van der Waals surface area (Å²) in [5.74, 6) is -1.26. The van der Waals surface area contributed by atoms with Crippen molar-refractivity contribution in [3.8, 4) is 0 Å². The van der Waals surface area contributed by atoms with Gasteiger partial charge in [0.15, 0.2) is 0 Å². The van der Waals surface area contributed by atoms with E-state index < -0.39 is 11.8 Å². The highest BCUT2D eigenvalue weighted by Gasteiger charge is 2.23. The average Bonchev–Trinajstić information content (AvgIpc) is 2.22. The number of benzene rings is 1. The van der Waals surface area contributed by atoms with Gasteiger partial charge in [0.25, 0.3) is 0 Å². The van der Waals surface area contributed by atoms with Crippen LogP contribution in [0.3, 0.4) is 0 Å². The summed E-state index contributed by atoms with van der Waals surface area (Å²) in [6.45, 7) is 0.795. The number of nitrogens with zero attached hydrogens (tertiary/aromatic N) is 1. The van der Waals surface area contributed by atoms with Gasteiger partial charge >= 0.3 is 5.97 Å². The van der Waals surface area contributed by atoms with Crippen molar-refractivity contribution in [3.05, 3.63) is 29.6 Å². The molecule has 1 saturated carbocycles. The molecule has 2 rings (SSSR count). The minimum absolute atomic E-state index is 0.227. The lowest BCUT2D eigenvalue weighted by molar-refractivity contribution is 0.0692. The Morgan fingerprint density at radius 3 is 2.76 bits per heavy atom. The maximum Gasteiger partial charge on any atom is 0.340 e. The first-order valence-corrected chi connectivity index (χ1v) is 5.82. The fourth-order valence-electron chi connectivity index (χ4n) is 2.20. The summed E-state index contributed by atoms with van der Waals surface area (Å²) in [4.78, 5) is 12.9. The highest BCUT2D eigenvalue weighted by molar-refractivity contribution is 5.94. The minimum Gasteiger partial charge on any atom is -0.478 e. The minimum atomic E-state index is -1.21. The van der Waals surface area contributed by atoms with Crippen LogP contribution in [0, 0.1) is 11.7 Å². The molecule has 1 aliphatic rings. The number of carboxylic acids is 1. The Bertz CT molecular complexity index is 429. The molecule has 92 valence electrons. The molecule has 1 N–H and O–H groups in total. The van der Waals surface area contributed by atoms with Crippen molar-refractivity contribution in [3.63, 3.8) is 0 Å². The van der Waals surface area contributed by atoms with Gasteiger partial charge in [-0.25, -0.2) is 9.18 Å². The Morgan fingerprint density at radius 2 is 2.24 bits per heavy atom. The molecule has 0 bridgehead atoms. The van der Waals surface area contributed by atoms with Crippen molar-refractivity contribution in [2.45, 2.75) is 19.3 Å². The Balaban J connectivity index is 2.23. The Kier molecular flexibility index (Phi) is 3.31. The van der Waals surface area contributed by atoms with Crippen molar-refractivity contribution in [1.29, 1.82) is 0 Å². The first-order valence-electron chi connectivity index (χ1n) is 5.82. The lowest BCUT2D eigenvalue weighted by Gasteiger charge is -2.31. The second kappa shape index (κ2) is 4.73. The zero-order chi connectivity index (χ0) is 12.4. The van der Waals surface area contributed by atoms with Crippen molar-refractivity contribution in [2.24, 2.45) is 5.92 Å². The summed E-state index contributed by atoms with van der Waals surface area (Å²) in [7, 11) is 1.82. The molecule has 0 unspecified atom stereocenters. The molecule has 0 heterocycles. The number of rotatable bonds is 4. The van der Waals surface area contributed by atoms with Crippen LogP contribution in [-0.2, 0) is 0 Å². The maximum atomic E-state index is 13.5. The van der Waals surface area contributed by atoms with Crippen LogP contribution in [0.25, 0.3) is 0 Å². The van der Waals surface area contributed by atoms with Crippen LogP contribution >= 0.6 is 0 Å². The third-order valence-corrected chi connectivity index (χ3v) is 3.37. The molecular weight excluding hydrogens is 221 g/mol. The highest BCUT2D eigenvalue weighted by Crippen LogP contribution is 2.30. The van der Waals surface area contributed by atoms with Gasteiger partial charge in [0.2, 0.25) is 0 Å². The molecule has 0 saturated heterocycles. The van der Waals surface area contributed by atoms with E-state index in [1.165, 1.54) is 25.3 Å². The van der Waals surface area contributed by atoms with Gasteiger partial charge in [0.1, 0.15) is 11.4 Å². The number of anilines is 1. The normalized spacial score (nSPS) is 15.4. The van der Waals surface area contributed by atoms with Crippen LogP contribution in [0.15, 0.2) is 18.2 Å². The zero-order valence-electron chi connectivity index (χ0n) is 9.82. The lowest BCUT2D eigenvalue weighted by Crippen LogP contribution is -2.30. The number of aromatic carboxylic acids is 1. The SMILES string of the molecule is CN(CC1CCC1)c1cccc(F)c1C(=O)O. The van der Waals surface area contributed by atoms with E-state index in [1.54, 1.807) is 12.1 Å². The van der Waals surface area contributed by atoms with Gasteiger partial charge in [-0.1, -0.05) is 12.5 Å². The van der Waals surface area contributed by atoms with E-state index in [-0.39, 0.29) is 5.56 Å². The van der Waals surface area contributed by atoms with Gasteiger partial charge in [0.05, 0.1) is 5.69 Å². The zero-order valence-corrected chi connectivity index (χ0v) is 9.82. The second-order valence-electron chi connectivity index (χ2n) is 4.62. The van der Waals surface area contributed by atoms with Gasteiger partial charge in [-0.05, 0) is 30.9 Å². The number of carboxylic acid groups (broad SMARTS) is 1. The number of carbonyl (C=O) groups is 1. The molecule has 0 radical (unpaired) electrons. The van der Waals surface area contributed by atoms with Gasteiger partial charge in [-0.2, -0.15) is 0 Å². The third-order valence-electron chi connectivity index (χ3n) is 3.37. The van der Waals surface area contributed by atoms with Gasteiger partial charge in [-0.15, -0.1) is 0 Å². The third kappa shape index (κ3) is 2.40. The molecule has 1 fully saturated rings. The molecule has 3 nitrogen and oxygen atoms in total. The van der Waals surface area contributed by atoms with E-state index >= 15 is 0 Å². The van der Waals surface area contributed by atoms with E-state index in [0.717, 1.165) is 6.54 Å². The first kappa shape index (κ1) is 11.9. The molecule has 1 aromatic carbocycles. The van der Waals surface area contributed by atoms with Crippen LogP contribution < -0.4 is 4.90 Å². The number of hydrogen-bond acceptors (Lipinski definition) is 2. The van der Waals surface area contributed by atoms with Gasteiger partial charge in [0, 0.05) is 13.6 Å². The summed E-state index contributed by atoms with van der Waals surface area (Å²) < 4.78 is 13.5. The molecule has 0 atom stereocenters. The molecule has 0 amide bonds. The summed E-state index contributed by atoms with van der Waals surface area (Å²) in [5.41, 5.74) is 0.235. The Hall–Kier alpha value is -1.58. The van der Waals surface area contributed by atoms with Crippen LogP contribution in [0.2, 0.25) is 0 Å². The number of hydrogen-bond donors (Lipinski definition) is 1.